The van der Waals surface area contributed by atoms with Crippen LogP contribution in [-0.4, -0.2) is 18.1 Å². The molecule has 0 aromatic heterocycles. The fraction of sp³-hybridized carbons (Fsp3) is 0.500. The summed E-state index contributed by atoms with van der Waals surface area (Å²) in [6, 6.07) is 8.23. The van der Waals surface area contributed by atoms with E-state index in [9.17, 15) is 4.79 Å². The zero-order valence-corrected chi connectivity index (χ0v) is 11.1. The lowest BCUT2D eigenvalue weighted by molar-refractivity contribution is 0.232. The smallest absolute Gasteiger partial charge is 0.315 e. The molecule has 17 heavy (non-hydrogen) atoms. The van der Waals surface area contributed by atoms with Gasteiger partial charge in [0, 0.05) is 12.1 Å². The summed E-state index contributed by atoms with van der Waals surface area (Å²) in [5.74, 6) is 0. The minimum Gasteiger partial charge on any atom is -0.338 e. The second-order valence-electron chi connectivity index (χ2n) is 5.37. The van der Waals surface area contributed by atoms with E-state index in [2.05, 4.69) is 35.8 Å². The highest BCUT2D eigenvalue weighted by atomic mass is 16.2. The van der Waals surface area contributed by atoms with Gasteiger partial charge in [0.25, 0.3) is 0 Å². The van der Waals surface area contributed by atoms with Gasteiger partial charge in [-0.15, -0.1) is 0 Å². The van der Waals surface area contributed by atoms with Gasteiger partial charge in [0.15, 0.2) is 0 Å². The van der Waals surface area contributed by atoms with Gasteiger partial charge in [0.1, 0.15) is 0 Å². The average Bonchev–Trinajstić information content (AvgIpc) is 2.14. The number of urea groups is 1. The van der Waals surface area contributed by atoms with Crippen LogP contribution >= 0.6 is 0 Å². The Hall–Kier alpha value is -1.51. The van der Waals surface area contributed by atoms with Gasteiger partial charge in [-0.1, -0.05) is 29.8 Å². The van der Waals surface area contributed by atoms with Gasteiger partial charge in [-0.05, 0) is 39.7 Å². The molecule has 0 unspecified atom stereocenters. The molecule has 3 heteroatoms. The lowest BCUT2D eigenvalue weighted by Gasteiger charge is -2.20. The third kappa shape index (κ3) is 5.95. The fourth-order valence-corrected chi connectivity index (χ4v) is 1.57. The van der Waals surface area contributed by atoms with Crippen LogP contribution in [0.4, 0.5) is 4.79 Å². The van der Waals surface area contributed by atoms with E-state index in [0.29, 0.717) is 6.54 Å². The first kappa shape index (κ1) is 13.6. The molecule has 0 aliphatic rings. The maximum Gasteiger partial charge on any atom is 0.315 e. The Balaban J connectivity index is 2.31. The Morgan fingerprint density at radius 3 is 2.59 bits per heavy atom. The maximum atomic E-state index is 11.5. The number of hydrogen-bond donors (Lipinski definition) is 2. The third-order valence-electron chi connectivity index (χ3n) is 2.27. The second-order valence-corrected chi connectivity index (χ2v) is 5.37. The first-order valence-electron chi connectivity index (χ1n) is 5.98. The van der Waals surface area contributed by atoms with Crippen LogP contribution in [0.1, 0.15) is 31.9 Å². The van der Waals surface area contributed by atoms with Crippen molar-refractivity contribution in [3.63, 3.8) is 0 Å². The Kier molecular flexibility index (Phi) is 4.55. The van der Waals surface area contributed by atoms with E-state index in [0.717, 1.165) is 6.42 Å². The molecule has 0 atom stereocenters. The highest BCUT2D eigenvalue weighted by Gasteiger charge is 2.12. The number of aryl methyl sites for hydroxylation is 1. The van der Waals surface area contributed by atoms with E-state index in [1.54, 1.807) is 0 Å². The van der Waals surface area contributed by atoms with Gasteiger partial charge in [-0.3, -0.25) is 0 Å². The normalized spacial score (nSPS) is 11.1. The summed E-state index contributed by atoms with van der Waals surface area (Å²) in [5.41, 5.74) is 2.32. The number of carbonyl (C=O) groups is 1. The third-order valence-corrected chi connectivity index (χ3v) is 2.27. The fourth-order valence-electron chi connectivity index (χ4n) is 1.57. The van der Waals surface area contributed by atoms with E-state index < -0.39 is 0 Å². The summed E-state index contributed by atoms with van der Waals surface area (Å²) in [6.45, 7) is 8.63. The van der Waals surface area contributed by atoms with Crippen molar-refractivity contribution in [2.24, 2.45) is 0 Å². The van der Waals surface area contributed by atoms with Gasteiger partial charge >= 0.3 is 6.03 Å². The molecular weight excluding hydrogens is 212 g/mol. The first-order valence-corrected chi connectivity index (χ1v) is 5.98. The summed E-state index contributed by atoms with van der Waals surface area (Å²) in [4.78, 5) is 11.5. The van der Waals surface area contributed by atoms with Crippen molar-refractivity contribution in [1.29, 1.82) is 0 Å². The van der Waals surface area contributed by atoms with Gasteiger partial charge in [-0.2, -0.15) is 0 Å². The molecule has 0 aliphatic heterocycles. The minimum atomic E-state index is -0.187. The topological polar surface area (TPSA) is 41.1 Å². The Morgan fingerprint density at radius 2 is 2.00 bits per heavy atom. The van der Waals surface area contributed by atoms with Crippen molar-refractivity contribution in [1.82, 2.24) is 10.6 Å². The molecule has 1 aromatic carbocycles. The molecule has 0 fully saturated rings. The lowest BCUT2D eigenvalue weighted by Crippen LogP contribution is -2.46. The molecule has 1 aromatic rings. The van der Waals surface area contributed by atoms with Crippen LogP contribution in [0.25, 0.3) is 0 Å². The molecule has 94 valence electrons. The van der Waals surface area contributed by atoms with Crippen LogP contribution < -0.4 is 10.6 Å². The molecule has 2 amide bonds. The molecule has 0 bridgehead atoms. The van der Waals surface area contributed by atoms with E-state index in [4.69, 9.17) is 0 Å². The number of carbonyl (C=O) groups excluding carboxylic acids is 1. The maximum absolute atomic E-state index is 11.5. The van der Waals surface area contributed by atoms with E-state index in [1.807, 2.05) is 26.8 Å². The largest absolute Gasteiger partial charge is 0.338 e. The second kappa shape index (κ2) is 5.71. The summed E-state index contributed by atoms with van der Waals surface area (Å²) in [7, 11) is 0. The van der Waals surface area contributed by atoms with E-state index >= 15 is 0 Å². The minimum absolute atomic E-state index is 0.106. The molecule has 1 rings (SSSR count). The molecule has 0 radical (unpaired) electrons. The number of rotatable bonds is 3. The zero-order valence-electron chi connectivity index (χ0n) is 11.1. The van der Waals surface area contributed by atoms with Crippen LogP contribution in [0.5, 0.6) is 0 Å². The molecule has 0 saturated carbocycles. The Morgan fingerprint density at radius 1 is 1.29 bits per heavy atom. The number of benzene rings is 1. The SMILES string of the molecule is Cc1cccc(CCNC(=O)NC(C)(C)C)c1. The lowest BCUT2D eigenvalue weighted by atomic mass is 10.1. The van der Waals surface area contributed by atoms with Crippen molar-refractivity contribution in [2.75, 3.05) is 6.54 Å². The monoisotopic (exact) mass is 234 g/mol. The van der Waals surface area contributed by atoms with Crippen LogP contribution in [0.15, 0.2) is 24.3 Å². The molecule has 0 heterocycles. The molecule has 2 N–H and O–H groups in total. The predicted molar refractivity (Wildman–Crippen MR) is 71.2 cm³/mol. The molecule has 0 aliphatic carbocycles. The Bertz CT molecular complexity index is 380. The first-order chi connectivity index (χ1) is 7.87. The van der Waals surface area contributed by atoms with E-state index in [-0.39, 0.29) is 11.6 Å². The van der Waals surface area contributed by atoms with Crippen molar-refractivity contribution in [3.8, 4) is 0 Å². The van der Waals surface area contributed by atoms with Gasteiger partial charge in [-0.25, -0.2) is 4.79 Å². The van der Waals surface area contributed by atoms with Crippen molar-refractivity contribution in [2.45, 2.75) is 39.7 Å². The Labute approximate surface area is 104 Å². The van der Waals surface area contributed by atoms with Crippen molar-refractivity contribution in [3.05, 3.63) is 35.4 Å². The standard InChI is InChI=1S/C14H22N2O/c1-11-6-5-7-12(10-11)8-9-15-13(17)16-14(2,3)4/h5-7,10H,8-9H2,1-4H3,(H2,15,16,17). The number of hydrogen-bond acceptors (Lipinski definition) is 1. The summed E-state index contributed by atoms with van der Waals surface area (Å²) < 4.78 is 0. The van der Waals surface area contributed by atoms with Crippen molar-refractivity contribution >= 4 is 6.03 Å². The molecular formula is C14H22N2O. The number of nitrogens with one attached hydrogen (secondary N) is 2. The number of amides is 2. The molecule has 0 spiro atoms. The van der Waals surface area contributed by atoms with Crippen molar-refractivity contribution < 1.29 is 4.79 Å². The van der Waals surface area contributed by atoms with Gasteiger partial charge < -0.3 is 10.6 Å². The highest BCUT2D eigenvalue weighted by molar-refractivity contribution is 5.74. The molecule has 3 nitrogen and oxygen atoms in total. The van der Waals surface area contributed by atoms with E-state index in [1.165, 1.54) is 11.1 Å². The summed E-state index contributed by atoms with van der Waals surface area (Å²) in [5, 5.41) is 5.72. The summed E-state index contributed by atoms with van der Waals surface area (Å²) in [6.07, 6.45) is 0.860. The van der Waals surface area contributed by atoms with Crippen LogP contribution in [0.3, 0.4) is 0 Å². The average molecular weight is 234 g/mol. The predicted octanol–water partition coefficient (Wildman–Crippen LogP) is 2.64. The van der Waals surface area contributed by atoms with Crippen LogP contribution in [-0.2, 0) is 6.42 Å². The molecule has 0 saturated heterocycles. The quantitative estimate of drug-likeness (QED) is 0.829. The zero-order chi connectivity index (χ0) is 12.9. The van der Waals surface area contributed by atoms with Gasteiger partial charge in [0.2, 0.25) is 0 Å². The summed E-state index contributed by atoms with van der Waals surface area (Å²) >= 11 is 0. The van der Waals surface area contributed by atoms with Crippen LogP contribution in [0.2, 0.25) is 0 Å². The van der Waals surface area contributed by atoms with Crippen LogP contribution in [0, 0.1) is 6.92 Å². The highest BCUT2D eigenvalue weighted by Crippen LogP contribution is 2.04. The van der Waals surface area contributed by atoms with Gasteiger partial charge in [0.05, 0.1) is 0 Å².